The topological polar surface area (TPSA) is 86.7 Å². The van der Waals surface area contributed by atoms with Gasteiger partial charge >= 0.3 is 12.4 Å². The molecule has 6 nitrogen and oxygen atoms in total. The van der Waals surface area contributed by atoms with E-state index in [1.807, 2.05) is 0 Å². The largest absolute Gasteiger partial charge is 0.416 e. The van der Waals surface area contributed by atoms with Gasteiger partial charge in [-0.15, -0.1) is 5.10 Å². The Labute approximate surface area is 164 Å². The van der Waals surface area contributed by atoms with Crippen LogP contribution >= 0.6 is 0 Å². The Morgan fingerprint density at radius 3 is 2.20 bits per heavy atom. The highest BCUT2D eigenvalue weighted by Gasteiger charge is 2.37. The van der Waals surface area contributed by atoms with Crippen molar-refractivity contribution >= 4 is 12.0 Å². The van der Waals surface area contributed by atoms with Crippen LogP contribution in [0.2, 0.25) is 0 Å². The number of carbonyl (C=O) groups excluding carboxylic acids is 1. The van der Waals surface area contributed by atoms with Crippen LogP contribution in [0.4, 0.5) is 26.3 Å². The van der Waals surface area contributed by atoms with Crippen LogP contribution in [0.1, 0.15) is 16.7 Å². The standard InChI is InChI=1S/C18H11F6N5O/c19-17(20,21)12-6-11(7-13(8-12)18(22,23)24)15-27-9-29(28-15)16-10(2-1-5-26-16)3-4-14(25)30/h1-9H,(H2,25,30)/b4-3+. The van der Waals surface area contributed by atoms with Crippen LogP contribution in [0.3, 0.4) is 0 Å². The Kier molecular flexibility index (Phi) is 5.33. The maximum Gasteiger partial charge on any atom is 0.416 e. The lowest BCUT2D eigenvalue weighted by atomic mass is 10.0. The maximum absolute atomic E-state index is 13.1. The molecule has 2 N–H and O–H groups in total. The van der Waals surface area contributed by atoms with E-state index >= 15 is 0 Å². The molecule has 0 aliphatic carbocycles. The van der Waals surface area contributed by atoms with Crippen molar-refractivity contribution in [2.45, 2.75) is 12.4 Å². The number of nitrogens with zero attached hydrogens (tertiary/aromatic N) is 4. The summed E-state index contributed by atoms with van der Waals surface area (Å²) >= 11 is 0. The summed E-state index contributed by atoms with van der Waals surface area (Å²) in [5.41, 5.74) is 1.98. The zero-order valence-corrected chi connectivity index (χ0v) is 14.7. The fourth-order valence-electron chi connectivity index (χ4n) is 2.48. The highest BCUT2D eigenvalue weighted by Crippen LogP contribution is 2.38. The summed E-state index contributed by atoms with van der Waals surface area (Å²) in [6.07, 6.45) is -5.14. The van der Waals surface area contributed by atoms with Crippen molar-refractivity contribution in [2.24, 2.45) is 5.73 Å². The number of rotatable bonds is 4. The molecule has 12 heteroatoms. The molecule has 2 aromatic heterocycles. The fraction of sp³-hybridized carbons (Fsp3) is 0.111. The van der Waals surface area contributed by atoms with Gasteiger partial charge < -0.3 is 5.73 Å². The van der Waals surface area contributed by atoms with Crippen LogP contribution < -0.4 is 5.73 Å². The predicted octanol–water partition coefficient (Wildman–Crippen LogP) is 3.87. The SMILES string of the molecule is NC(=O)/C=C/c1cccnc1-n1cnc(-c2cc(C(F)(F)F)cc(C(F)(F)F)c2)n1. The molecule has 2 heterocycles. The summed E-state index contributed by atoms with van der Waals surface area (Å²) in [6.45, 7) is 0. The third kappa shape index (κ3) is 4.64. The Hall–Kier alpha value is -3.70. The number of primary amides is 1. The number of alkyl halides is 6. The molecule has 0 saturated heterocycles. The van der Waals surface area contributed by atoms with Crippen molar-refractivity contribution < 1.29 is 31.1 Å². The molecule has 156 valence electrons. The van der Waals surface area contributed by atoms with Crippen molar-refractivity contribution in [3.8, 4) is 17.2 Å². The third-order valence-electron chi connectivity index (χ3n) is 3.80. The summed E-state index contributed by atoms with van der Waals surface area (Å²) in [5, 5.41) is 3.94. The van der Waals surface area contributed by atoms with Crippen LogP contribution in [0.25, 0.3) is 23.3 Å². The molecule has 3 aromatic rings. The van der Waals surface area contributed by atoms with Crippen molar-refractivity contribution in [1.82, 2.24) is 19.7 Å². The van der Waals surface area contributed by atoms with Gasteiger partial charge in [0.05, 0.1) is 11.1 Å². The minimum absolute atomic E-state index is 0.0198. The molecule has 30 heavy (non-hydrogen) atoms. The number of pyridine rings is 1. The van der Waals surface area contributed by atoms with E-state index in [2.05, 4.69) is 15.1 Å². The Balaban J connectivity index is 2.09. The van der Waals surface area contributed by atoms with Crippen molar-refractivity contribution in [2.75, 3.05) is 0 Å². The minimum Gasteiger partial charge on any atom is -0.366 e. The average molecular weight is 427 g/mol. The van der Waals surface area contributed by atoms with E-state index < -0.39 is 35.0 Å². The highest BCUT2D eigenvalue weighted by molar-refractivity contribution is 5.90. The Bertz CT molecular complexity index is 1080. The molecule has 0 atom stereocenters. The molecule has 0 fully saturated rings. The molecule has 0 unspecified atom stereocenters. The lowest BCUT2D eigenvalue weighted by Gasteiger charge is -2.13. The number of halogens is 6. The van der Waals surface area contributed by atoms with Crippen LogP contribution in [0.15, 0.2) is 48.9 Å². The van der Waals surface area contributed by atoms with E-state index in [9.17, 15) is 31.1 Å². The van der Waals surface area contributed by atoms with E-state index in [1.54, 1.807) is 12.1 Å². The lowest BCUT2D eigenvalue weighted by molar-refractivity contribution is -0.143. The number of carbonyl (C=O) groups is 1. The van der Waals surface area contributed by atoms with E-state index in [-0.39, 0.29) is 17.7 Å². The summed E-state index contributed by atoms with van der Waals surface area (Å²) in [4.78, 5) is 18.8. The molecule has 1 aromatic carbocycles. The maximum atomic E-state index is 13.1. The van der Waals surface area contributed by atoms with Crippen LogP contribution in [0, 0.1) is 0 Å². The molecular formula is C18H11F6N5O. The summed E-state index contributed by atoms with van der Waals surface area (Å²) in [5.74, 6) is -0.966. The van der Waals surface area contributed by atoms with Crippen LogP contribution in [-0.2, 0) is 17.1 Å². The molecule has 0 bridgehead atoms. The molecule has 3 rings (SSSR count). The Morgan fingerprint density at radius 2 is 1.63 bits per heavy atom. The van der Waals surface area contributed by atoms with Gasteiger partial charge in [-0.2, -0.15) is 26.3 Å². The first-order valence-electron chi connectivity index (χ1n) is 8.09. The van der Waals surface area contributed by atoms with Gasteiger partial charge in [-0.05, 0) is 36.4 Å². The third-order valence-corrected chi connectivity index (χ3v) is 3.80. The summed E-state index contributed by atoms with van der Waals surface area (Å²) < 4.78 is 79.4. The van der Waals surface area contributed by atoms with Gasteiger partial charge in [-0.3, -0.25) is 4.79 Å². The van der Waals surface area contributed by atoms with Gasteiger partial charge in [0, 0.05) is 23.4 Å². The first-order valence-corrected chi connectivity index (χ1v) is 8.09. The number of hydrogen-bond acceptors (Lipinski definition) is 4. The summed E-state index contributed by atoms with van der Waals surface area (Å²) in [7, 11) is 0. The van der Waals surface area contributed by atoms with Gasteiger partial charge in [0.1, 0.15) is 6.33 Å². The van der Waals surface area contributed by atoms with E-state index in [0.717, 1.165) is 17.1 Å². The molecule has 0 aliphatic rings. The van der Waals surface area contributed by atoms with Crippen LogP contribution in [-0.4, -0.2) is 25.7 Å². The second-order valence-electron chi connectivity index (χ2n) is 5.96. The molecule has 0 aliphatic heterocycles. The van der Waals surface area contributed by atoms with Gasteiger partial charge in [0.2, 0.25) is 5.91 Å². The monoisotopic (exact) mass is 427 g/mol. The zero-order valence-electron chi connectivity index (χ0n) is 14.7. The van der Waals surface area contributed by atoms with E-state index in [1.165, 1.54) is 12.3 Å². The molecule has 0 radical (unpaired) electrons. The number of benzene rings is 1. The second kappa shape index (κ2) is 7.61. The number of aromatic nitrogens is 4. The lowest BCUT2D eigenvalue weighted by Crippen LogP contribution is -2.11. The van der Waals surface area contributed by atoms with Crippen molar-refractivity contribution in [3.63, 3.8) is 0 Å². The minimum atomic E-state index is -4.99. The predicted molar refractivity (Wildman–Crippen MR) is 92.8 cm³/mol. The van der Waals surface area contributed by atoms with Crippen LogP contribution in [0.5, 0.6) is 0 Å². The normalized spacial score (nSPS) is 12.5. The van der Waals surface area contributed by atoms with E-state index in [0.29, 0.717) is 17.7 Å². The molecule has 0 saturated carbocycles. The fourth-order valence-corrected chi connectivity index (χ4v) is 2.48. The van der Waals surface area contributed by atoms with Gasteiger partial charge in [0.25, 0.3) is 0 Å². The van der Waals surface area contributed by atoms with Crippen molar-refractivity contribution in [3.05, 3.63) is 65.6 Å². The number of amides is 1. The van der Waals surface area contributed by atoms with Crippen molar-refractivity contribution in [1.29, 1.82) is 0 Å². The molecular weight excluding hydrogens is 416 g/mol. The first kappa shape index (κ1) is 21.0. The molecule has 0 spiro atoms. The zero-order chi connectivity index (χ0) is 22.1. The average Bonchev–Trinajstić information content (AvgIpc) is 3.15. The molecule has 1 amide bonds. The summed E-state index contributed by atoms with van der Waals surface area (Å²) in [6, 6.07) is 4.17. The van der Waals surface area contributed by atoms with Gasteiger partial charge in [0.15, 0.2) is 11.6 Å². The Morgan fingerprint density at radius 1 is 1.00 bits per heavy atom. The number of nitrogens with two attached hydrogens (primary N) is 1. The van der Waals surface area contributed by atoms with Gasteiger partial charge in [-0.1, -0.05) is 0 Å². The smallest absolute Gasteiger partial charge is 0.366 e. The number of hydrogen-bond donors (Lipinski definition) is 1. The van der Waals surface area contributed by atoms with Gasteiger partial charge in [-0.25, -0.2) is 14.6 Å². The quantitative estimate of drug-likeness (QED) is 0.506. The van der Waals surface area contributed by atoms with E-state index in [4.69, 9.17) is 5.73 Å². The first-order chi connectivity index (χ1) is 13.9. The second-order valence-corrected chi connectivity index (χ2v) is 5.96. The highest BCUT2D eigenvalue weighted by atomic mass is 19.4.